The van der Waals surface area contributed by atoms with Gasteiger partial charge in [0.25, 0.3) is 0 Å². The predicted molar refractivity (Wildman–Crippen MR) is 101 cm³/mol. The van der Waals surface area contributed by atoms with E-state index >= 15 is 0 Å². The number of hydrogen-bond donors (Lipinski definition) is 2. The fourth-order valence-electron chi connectivity index (χ4n) is 3.68. The number of rotatable bonds is 3. The molecule has 4 nitrogen and oxygen atoms in total. The number of aromatic nitrogens is 1. The van der Waals surface area contributed by atoms with E-state index in [1.54, 1.807) is 6.07 Å². The van der Waals surface area contributed by atoms with Crippen LogP contribution in [0, 0.1) is 0 Å². The average molecular weight is 355 g/mol. The number of aromatic amines is 1. The Morgan fingerprint density at radius 3 is 2.68 bits per heavy atom. The van der Waals surface area contributed by atoms with E-state index < -0.39 is 5.97 Å². The molecule has 1 aliphatic rings. The summed E-state index contributed by atoms with van der Waals surface area (Å²) in [7, 11) is 2.15. The molecule has 25 heavy (non-hydrogen) atoms. The number of halogens is 1. The Morgan fingerprint density at radius 2 is 2.04 bits per heavy atom. The summed E-state index contributed by atoms with van der Waals surface area (Å²) in [6.45, 7) is 2.23. The number of likely N-dealkylation sites (N-methyl/N-ethyl adjacent to an activating group) is 1. The van der Waals surface area contributed by atoms with E-state index in [-0.39, 0.29) is 5.56 Å². The number of carboxylic acid groups (broad SMARTS) is 1. The summed E-state index contributed by atoms with van der Waals surface area (Å²) in [5.74, 6) is -0.361. The Balaban J connectivity index is 1.72. The third kappa shape index (κ3) is 2.92. The molecule has 0 aliphatic carbocycles. The Kier molecular flexibility index (Phi) is 4.02. The Bertz CT molecular complexity index is 946. The zero-order valence-corrected chi connectivity index (χ0v) is 14.7. The highest BCUT2D eigenvalue weighted by atomic mass is 35.5. The van der Waals surface area contributed by atoms with Crippen LogP contribution in [0.2, 0.25) is 5.02 Å². The van der Waals surface area contributed by atoms with Gasteiger partial charge < -0.3 is 15.0 Å². The minimum atomic E-state index is -0.944. The summed E-state index contributed by atoms with van der Waals surface area (Å²) in [6, 6.07) is 12.1. The van der Waals surface area contributed by atoms with Crippen LogP contribution in [0.3, 0.4) is 0 Å². The second-order valence-corrected chi connectivity index (χ2v) is 7.16. The summed E-state index contributed by atoms with van der Waals surface area (Å²) in [5.41, 5.74) is 4.19. The molecule has 1 unspecified atom stereocenters. The number of nitrogens with one attached hydrogen (secondary N) is 1. The van der Waals surface area contributed by atoms with Crippen molar-refractivity contribution in [3.8, 4) is 11.1 Å². The highest BCUT2D eigenvalue weighted by Gasteiger charge is 2.21. The molecule has 0 radical (unpaired) electrons. The fourth-order valence-corrected chi connectivity index (χ4v) is 3.96. The third-order valence-electron chi connectivity index (χ3n) is 5.08. The summed E-state index contributed by atoms with van der Waals surface area (Å²) >= 11 is 6.44. The molecule has 128 valence electrons. The van der Waals surface area contributed by atoms with Crippen molar-refractivity contribution in [2.24, 2.45) is 0 Å². The Morgan fingerprint density at radius 1 is 1.28 bits per heavy atom. The number of nitrogens with zero attached hydrogens (tertiary/aromatic N) is 1. The van der Waals surface area contributed by atoms with Crippen LogP contribution < -0.4 is 0 Å². The van der Waals surface area contributed by atoms with Crippen LogP contribution in [0.25, 0.3) is 22.0 Å². The van der Waals surface area contributed by atoms with Gasteiger partial charge in [0.05, 0.1) is 10.6 Å². The van der Waals surface area contributed by atoms with Crippen LogP contribution in [0.1, 0.15) is 28.3 Å². The SMILES string of the molecule is CN1CCC(c2ccc(-c3cc4c(C(=O)O)c[nH]c4cc3Cl)cc2)C1. The van der Waals surface area contributed by atoms with E-state index in [1.807, 2.05) is 6.07 Å². The molecule has 2 aromatic carbocycles. The maximum absolute atomic E-state index is 11.4. The fraction of sp³-hybridized carbons (Fsp3) is 0.250. The lowest BCUT2D eigenvalue weighted by molar-refractivity contribution is 0.0699. The van der Waals surface area contributed by atoms with Gasteiger partial charge in [0, 0.05) is 29.2 Å². The smallest absolute Gasteiger partial charge is 0.337 e. The number of hydrogen-bond acceptors (Lipinski definition) is 2. The summed E-state index contributed by atoms with van der Waals surface area (Å²) in [5, 5.41) is 10.6. The quantitative estimate of drug-likeness (QED) is 0.722. The lowest BCUT2D eigenvalue weighted by atomic mass is 9.95. The number of H-pyrrole nitrogens is 1. The molecule has 2 N–H and O–H groups in total. The molecule has 1 saturated heterocycles. The number of aromatic carboxylic acids is 1. The van der Waals surface area contributed by atoms with E-state index in [0.717, 1.165) is 29.7 Å². The minimum Gasteiger partial charge on any atom is -0.478 e. The van der Waals surface area contributed by atoms with Crippen LogP contribution in [0.15, 0.2) is 42.6 Å². The maximum Gasteiger partial charge on any atom is 0.337 e. The van der Waals surface area contributed by atoms with Gasteiger partial charge in [-0.05, 0) is 49.2 Å². The van der Waals surface area contributed by atoms with E-state index in [9.17, 15) is 9.90 Å². The van der Waals surface area contributed by atoms with Gasteiger partial charge in [0.2, 0.25) is 0 Å². The standard InChI is InChI=1S/C20H19ClN2O2/c1-23-7-6-14(11-23)12-2-4-13(5-3-12)15-8-16-17(20(24)25)10-22-19(16)9-18(15)21/h2-5,8-10,14,22H,6-7,11H2,1H3,(H,24,25). The molecular formula is C20H19ClN2O2. The molecule has 1 atom stereocenters. The van der Waals surface area contributed by atoms with Crippen molar-refractivity contribution in [3.63, 3.8) is 0 Å². The van der Waals surface area contributed by atoms with Crippen molar-refractivity contribution in [3.05, 3.63) is 58.7 Å². The van der Waals surface area contributed by atoms with E-state index in [0.29, 0.717) is 16.3 Å². The van der Waals surface area contributed by atoms with Gasteiger partial charge in [0.15, 0.2) is 0 Å². The molecule has 0 saturated carbocycles. The summed E-state index contributed by atoms with van der Waals surface area (Å²) < 4.78 is 0. The van der Waals surface area contributed by atoms with Crippen LogP contribution in [0.5, 0.6) is 0 Å². The van der Waals surface area contributed by atoms with Gasteiger partial charge in [-0.2, -0.15) is 0 Å². The van der Waals surface area contributed by atoms with Crippen molar-refractivity contribution >= 4 is 28.5 Å². The molecule has 0 amide bonds. The first-order valence-electron chi connectivity index (χ1n) is 8.35. The summed E-state index contributed by atoms with van der Waals surface area (Å²) in [4.78, 5) is 16.7. The Hall–Kier alpha value is -2.30. The monoisotopic (exact) mass is 354 g/mol. The van der Waals surface area contributed by atoms with Gasteiger partial charge in [-0.1, -0.05) is 35.9 Å². The van der Waals surface area contributed by atoms with Gasteiger partial charge in [-0.3, -0.25) is 0 Å². The molecule has 5 heteroatoms. The number of fused-ring (bicyclic) bond motifs is 1. The number of carbonyl (C=O) groups is 1. The first-order valence-corrected chi connectivity index (χ1v) is 8.73. The van der Waals surface area contributed by atoms with Gasteiger partial charge in [-0.25, -0.2) is 4.79 Å². The first kappa shape index (κ1) is 16.2. The van der Waals surface area contributed by atoms with E-state index in [2.05, 4.69) is 41.2 Å². The molecule has 0 spiro atoms. The van der Waals surface area contributed by atoms with Crippen LogP contribution in [-0.4, -0.2) is 41.1 Å². The van der Waals surface area contributed by atoms with Crippen molar-refractivity contribution in [1.82, 2.24) is 9.88 Å². The number of benzene rings is 2. The lowest BCUT2D eigenvalue weighted by Crippen LogP contribution is -2.13. The molecular weight excluding hydrogens is 336 g/mol. The Labute approximate surface area is 151 Å². The molecule has 0 bridgehead atoms. The maximum atomic E-state index is 11.4. The highest BCUT2D eigenvalue weighted by Crippen LogP contribution is 2.35. The molecule has 1 aliphatic heterocycles. The van der Waals surface area contributed by atoms with E-state index in [1.165, 1.54) is 18.2 Å². The van der Waals surface area contributed by atoms with Gasteiger partial charge >= 0.3 is 5.97 Å². The van der Waals surface area contributed by atoms with Gasteiger partial charge in [-0.15, -0.1) is 0 Å². The van der Waals surface area contributed by atoms with E-state index in [4.69, 9.17) is 11.6 Å². The lowest BCUT2D eigenvalue weighted by Gasteiger charge is -2.12. The molecule has 1 fully saturated rings. The van der Waals surface area contributed by atoms with Crippen molar-refractivity contribution in [2.75, 3.05) is 20.1 Å². The highest BCUT2D eigenvalue weighted by molar-refractivity contribution is 6.34. The second-order valence-electron chi connectivity index (χ2n) is 6.75. The number of likely N-dealkylation sites (tertiary alicyclic amines) is 1. The van der Waals surface area contributed by atoms with Crippen molar-refractivity contribution < 1.29 is 9.90 Å². The summed E-state index contributed by atoms with van der Waals surface area (Å²) in [6.07, 6.45) is 2.70. The topological polar surface area (TPSA) is 56.3 Å². The van der Waals surface area contributed by atoms with Crippen LogP contribution >= 0.6 is 11.6 Å². The van der Waals surface area contributed by atoms with Crippen molar-refractivity contribution in [1.29, 1.82) is 0 Å². The average Bonchev–Trinajstić information content (AvgIpc) is 3.20. The molecule has 2 heterocycles. The van der Waals surface area contributed by atoms with Crippen molar-refractivity contribution in [2.45, 2.75) is 12.3 Å². The van der Waals surface area contributed by atoms with Crippen LogP contribution in [0.4, 0.5) is 0 Å². The third-order valence-corrected chi connectivity index (χ3v) is 5.40. The normalized spacial score (nSPS) is 18.1. The zero-order chi connectivity index (χ0) is 17.6. The largest absolute Gasteiger partial charge is 0.478 e. The predicted octanol–water partition coefficient (Wildman–Crippen LogP) is 4.61. The first-order chi connectivity index (χ1) is 12.0. The zero-order valence-electron chi connectivity index (χ0n) is 13.9. The van der Waals surface area contributed by atoms with Crippen LogP contribution in [-0.2, 0) is 0 Å². The molecule has 4 rings (SSSR count). The second kappa shape index (κ2) is 6.21. The molecule has 1 aromatic heterocycles. The molecule has 3 aromatic rings. The number of carboxylic acids is 1. The minimum absolute atomic E-state index is 0.263. The van der Waals surface area contributed by atoms with Gasteiger partial charge in [0.1, 0.15) is 0 Å².